The van der Waals surface area contributed by atoms with Gasteiger partial charge in [0, 0.05) is 32.2 Å². The Kier molecular flexibility index (Phi) is 4.88. The predicted octanol–water partition coefficient (Wildman–Crippen LogP) is 2.43. The van der Waals surface area contributed by atoms with Crippen LogP contribution in [0, 0.1) is 5.41 Å². The third-order valence-corrected chi connectivity index (χ3v) is 3.32. The molecule has 1 fully saturated rings. The maximum atomic E-state index is 12.0. The Morgan fingerprint density at radius 1 is 1.29 bits per heavy atom. The van der Waals surface area contributed by atoms with Crippen LogP contribution < -0.4 is 4.90 Å². The summed E-state index contributed by atoms with van der Waals surface area (Å²) in [5.41, 5.74) is -0.0187. The van der Waals surface area contributed by atoms with E-state index in [1.165, 1.54) is 6.33 Å². The molecule has 1 aliphatic heterocycles. The first-order chi connectivity index (χ1) is 9.85. The van der Waals surface area contributed by atoms with E-state index in [0.29, 0.717) is 37.9 Å². The largest absolute Gasteiger partial charge is 0.449 e. The number of amides is 1. The Labute approximate surface area is 130 Å². The monoisotopic (exact) mass is 312 g/mol. The fraction of sp³-hybridized carbons (Fsp3) is 0.643. The van der Waals surface area contributed by atoms with Gasteiger partial charge in [-0.1, -0.05) is 32.4 Å². The summed E-state index contributed by atoms with van der Waals surface area (Å²) in [5.74, 6) is 0.790. The molecule has 0 aromatic carbocycles. The van der Waals surface area contributed by atoms with Crippen LogP contribution in [0.1, 0.15) is 20.8 Å². The van der Waals surface area contributed by atoms with Gasteiger partial charge in [-0.05, 0) is 5.41 Å². The van der Waals surface area contributed by atoms with E-state index in [2.05, 4.69) is 14.9 Å². The molecule has 2 rings (SSSR count). The molecule has 0 atom stereocenters. The van der Waals surface area contributed by atoms with Gasteiger partial charge in [0.15, 0.2) is 0 Å². The van der Waals surface area contributed by atoms with E-state index in [1.54, 1.807) is 11.0 Å². The third kappa shape index (κ3) is 4.74. The van der Waals surface area contributed by atoms with Crippen LogP contribution in [0.4, 0.5) is 10.6 Å². The van der Waals surface area contributed by atoms with Gasteiger partial charge in [-0.25, -0.2) is 14.8 Å². The first-order valence-corrected chi connectivity index (χ1v) is 7.37. The first-order valence-electron chi connectivity index (χ1n) is 6.99. The molecule has 1 aromatic heterocycles. The number of aromatic nitrogens is 2. The summed E-state index contributed by atoms with van der Waals surface area (Å²) in [7, 11) is 0. The second kappa shape index (κ2) is 6.47. The Hall–Kier alpha value is -1.56. The molecule has 21 heavy (non-hydrogen) atoms. The minimum absolute atomic E-state index is 0.0187. The Morgan fingerprint density at radius 3 is 2.52 bits per heavy atom. The van der Waals surface area contributed by atoms with Crippen molar-refractivity contribution in [2.24, 2.45) is 5.41 Å². The molecule has 1 aliphatic rings. The molecule has 1 amide bonds. The molecule has 7 heteroatoms. The summed E-state index contributed by atoms with van der Waals surface area (Å²) in [6.07, 6.45) is 1.20. The van der Waals surface area contributed by atoms with Crippen molar-refractivity contribution in [2.45, 2.75) is 20.8 Å². The number of piperazine rings is 1. The van der Waals surface area contributed by atoms with Gasteiger partial charge < -0.3 is 14.5 Å². The lowest BCUT2D eigenvalue weighted by Crippen LogP contribution is -2.49. The van der Waals surface area contributed by atoms with E-state index in [-0.39, 0.29) is 11.5 Å². The first kappa shape index (κ1) is 15.8. The lowest BCUT2D eigenvalue weighted by Gasteiger charge is -2.35. The standard InChI is InChI=1S/C14H21ClN4O2/c1-14(2,3)9-21-13(20)19-6-4-18(5-7-19)12-8-11(15)16-10-17-12/h8,10H,4-7,9H2,1-3H3. The van der Waals surface area contributed by atoms with E-state index in [9.17, 15) is 4.79 Å². The number of rotatable bonds is 2. The van der Waals surface area contributed by atoms with Crippen LogP contribution in [0.2, 0.25) is 5.15 Å². The van der Waals surface area contributed by atoms with E-state index in [0.717, 1.165) is 5.82 Å². The summed E-state index contributed by atoms with van der Waals surface area (Å²) in [6, 6.07) is 1.73. The maximum Gasteiger partial charge on any atom is 0.409 e. The molecule has 0 unspecified atom stereocenters. The van der Waals surface area contributed by atoms with Crippen molar-refractivity contribution in [1.82, 2.24) is 14.9 Å². The highest BCUT2D eigenvalue weighted by atomic mass is 35.5. The van der Waals surface area contributed by atoms with E-state index in [4.69, 9.17) is 16.3 Å². The normalized spacial score (nSPS) is 16.0. The highest BCUT2D eigenvalue weighted by Crippen LogP contribution is 2.17. The average Bonchev–Trinajstić information content (AvgIpc) is 2.44. The number of carbonyl (C=O) groups is 1. The van der Waals surface area contributed by atoms with Crippen LogP contribution in [0.25, 0.3) is 0 Å². The predicted molar refractivity (Wildman–Crippen MR) is 81.6 cm³/mol. The zero-order chi connectivity index (χ0) is 15.5. The van der Waals surface area contributed by atoms with Crippen molar-refractivity contribution in [2.75, 3.05) is 37.7 Å². The topological polar surface area (TPSA) is 58.6 Å². The fourth-order valence-corrected chi connectivity index (χ4v) is 2.13. The van der Waals surface area contributed by atoms with Crippen LogP contribution in [0.5, 0.6) is 0 Å². The molecule has 2 heterocycles. The highest BCUT2D eigenvalue weighted by molar-refractivity contribution is 6.29. The number of hydrogen-bond acceptors (Lipinski definition) is 5. The fourth-order valence-electron chi connectivity index (χ4n) is 1.98. The van der Waals surface area contributed by atoms with Gasteiger partial charge in [0.1, 0.15) is 17.3 Å². The van der Waals surface area contributed by atoms with Gasteiger partial charge in [0.05, 0.1) is 6.61 Å². The summed E-state index contributed by atoms with van der Waals surface area (Å²) in [6.45, 7) is 9.18. The molecule has 1 saturated heterocycles. The van der Waals surface area contributed by atoms with Crippen LogP contribution in [-0.4, -0.2) is 53.7 Å². The van der Waals surface area contributed by atoms with Crippen LogP contribution in [-0.2, 0) is 4.74 Å². The van der Waals surface area contributed by atoms with Crippen molar-refractivity contribution in [3.8, 4) is 0 Å². The highest BCUT2D eigenvalue weighted by Gasteiger charge is 2.24. The lowest BCUT2D eigenvalue weighted by molar-refractivity contribution is 0.0707. The molecule has 116 valence electrons. The smallest absolute Gasteiger partial charge is 0.409 e. The molecular weight excluding hydrogens is 292 g/mol. The number of nitrogens with zero attached hydrogens (tertiary/aromatic N) is 4. The molecule has 0 saturated carbocycles. The number of ether oxygens (including phenoxy) is 1. The molecule has 6 nitrogen and oxygen atoms in total. The number of anilines is 1. The molecular formula is C14H21ClN4O2. The summed E-state index contributed by atoms with van der Waals surface area (Å²) >= 11 is 5.86. The van der Waals surface area contributed by atoms with Crippen molar-refractivity contribution < 1.29 is 9.53 Å². The molecule has 0 N–H and O–H groups in total. The van der Waals surface area contributed by atoms with Crippen molar-refractivity contribution >= 4 is 23.5 Å². The van der Waals surface area contributed by atoms with E-state index in [1.807, 2.05) is 20.8 Å². The minimum atomic E-state index is -0.245. The minimum Gasteiger partial charge on any atom is -0.449 e. The van der Waals surface area contributed by atoms with E-state index >= 15 is 0 Å². The van der Waals surface area contributed by atoms with Gasteiger partial charge in [-0.3, -0.25) is 0 Å². The van der Waals surface area contributed by atoms with Crippen LogP contribution >= 0.6 is 11.6 Å². The molecule has 0 aliphatic carbocycles. The van der Waals surface area contributed by atoms with Crippen molar-refractivity contribution in [3.05, 3.63) is 17.5 Å². The molecule has 0 spiro atoms. The van der Waals surface area contributed by atoms with E-state index < -0.39 is 0 Å². The second-order valence-electron chi connectivity index (χ2n) is 6.29. The zero-order valence-corrected chi connectivity index (χ0v) is 13.4. The molecule has 0 radical (unpaired) electrons. The van der Waals surface area contributed by atoms with Gasteiger partial charge in [0.2, 0.25) is 0 Å². The van der Waals surface area contributed by atoms with Gasteiger partial charge in [-0.2, -0.15) is 0 Å². The number of carbonyl (C=O) groups excluding carboxylic acids is 1. The van der Waals surface area contributed by atoms with Crippen LogP contribution in [0.15, 0.2) is 12.4 Å². The van der Waals surface area contributed by atoms with Crippen molar-refractivity contribution in [1.29, 1.82) is 0 Å². The van der Waals surface area contributed by atoms with Gasteiger partial charge in [0.25, 0.3) is 0 Å². The average molecular weight is 313 g/mol. The number of hydrogen-bond donors (Lipinski definition) is 0. The van der Waals surface area contributed by atoms with Crippen LogP contribution in [0.3, 0.4) is 0 Å². The third-order valence-electron chi connectivity index (χ3n) is 3.11. The Balaban J connectivity index is 1.84. The summed E-state index contributed by atoms with van der Waals surface area (Å²) in [4.78, 5) is 23.9. The molecule has 0 bridgehead atoms. The Morgan fingerprint density at radius 2 is 1.95 bits per heavy atom. The molecule has 1 aromatic rings. The quantitative estimate of drug-likeness (QED) is 0.785. The van der Waals surface area contributed by atoms with Gasteiger partial charge in [-0.15, -0.1) is 0 Å². The SMILES string of the molecule is CC(C)(C)COC(=O)N1CCN(c2cc(Cl)ncn2)CC1. The summed E-state index contributed by atoms with van der Waals surface area (Å²) in [5, 5.41) is 0.423. The zero-order valence-electron chi connectivity index (χ0n) is 12.7. The second-order valence-corrected chi connectivity index (χ2v) is 6.68. The van der Waals surface area contributed by atoms with Gasteiger partial charge >= 0.3 is 6.09 Å². The maximum absolute atomic E-state index is 12.0. The Bertz CT molecular complexity index is 496. The van der Waals surface area contributed by atoms with Crippen molar-refractivity contribution in [3.63, 3.8) is 0 Å². The number of halogens is 1. The lowest BCUT2D eigenvalue weighted by atomic mass is 9.99. The summed E-state index contributed by atoms with van der Waals surface area (Å²) < 4.78 is 5.33.